The van der Waals surface area contributed by atoms with Crippen LogP contribution in [-0.4, -0.2) is 17.4 Å². The van der Waals surface area contributed by atoms with Gasteiger partial charge in [-0.3, -0.25) is 15.0 Å². The number of furan rings is 1. The molecule has 2 bridgehead atoms. The summed E-state index contributed by atoms with van der Waals surface area (Å²) >= 11 is 0. The lowest BCUT2D eigenvalue weighted by Crippen LogP contribution is -2.50. The van der Waals surface area contributed by atoms with Gasteiger partial charge in [0.2, 0.25) is 5.91 Å². The van der Waals surface area contributed by atoms with Crippen LogP contribution in [-0.2, 0) is 16.1 Å². The summed E-state index contributed by atoms with van der Waals surface area (Å²) in [5, 5.41) is 7.39. The summed E-state index contributed by atoms with van der Waals surface area (Å²) in [6.45, 7) is 6.33. The van der Waals surface area contributed by atoms with Gasteiger partial charge in [0.1, 0.15) is 16.9 Å². The number of carbonyl (C=O) groups excluding carboxylic acids is 2. The summed E-state index contributed by atoms with van der Waals surface area (Å²) < 4.78 is 5.30. The van der Waals surface area contributed by atoms with E-state index in [1.54, 1.807) is 18.4 Å². The first kappa shape index (κ1) is 18.5. The SMILES string of the molecule is CC12CCC(C(=O)NCc3ccco3)(C(=O)C1=NNc1ccccc1)C2(C)C. The lowest BCUT2D eigenvalue weighted by molar-refractivity contribution is -0.144. The van der Waals surface area contributed by atoms with Gasteiger partial charge in [-0.2, -0.15) is 5.10 Å². The molecule has 2 unspecified atom stereocenters. The quantitative estimate of drug-likeness (QED) is 0.612. The summed E-state index contributed by atoms with van der Waals surface area (Å²) in [7, 11) is 0. The Morgan fingerprint density at radius 3 is 2.54 bits per heavy atom. The summed E-state index contributed by atoms with van der Waals surface area (Å²) in [5.74, 6) is 0.243. The van der Waals surface area contributed by atoms with Gasteiger partial charge in [-0.25, -0.2) is 0 Å². The Morgan fingerprint density at radius 2 is 1.86 bits per heavy atom. The molecule has 1 aromatic carbocycles. The highest BCUT2D eigenvalue weighted by molar-refractivity contribution is 6.50. The molecule has 0 spiro atoms. The van der Waals surface area contributed by atoms with Gasteiger partial charge in [-0.1, -0.05) is 39.0 Å². The van der Waals surface area contributed by atoms with Gasteiger partial charge in [0, 0.05) is 5.41 Å². The molecule has 2 aliphatic carbocycles. The minimum absolute atomic E-state index is 0.174. The number of carbonyl (C=O) groups is 2. The third-order valence-electron chi connectivity index (χ3n) is 7.03. The van der Waals surface area contributed by atoms with Crippen LogP contribution in [0, 0.1) is 16.2 Å². The topological polar surface area (TPSA) is 83.7 Å². The summed E-state index contributed by atoms with van der Waals surface area (Å²) in [5.41, 5.74) is 2.15. The molecular formula is C22H25N3O3. The molecule has 0 aliphatic heterocycles. The molecule has 2 aromatic rings. The van der Waals surface area contributed by atoms with Crippen molar-refractivity contribution < 1.29 is 14.0 Å². The van der Waals surface area contributed by atoms with Gasteiger partial charge >= 0.3 is 0 Å². The Morgan fingerprint density at radius 1 is 1.11 bits per heavy atom. The van der Waals surface area contributed by atoms with Gasteiger partial charge in [0.05, 0.1) is 18.5 Å². The van der Waals surface area contributed by atoms with Crippen molar-refractivity contribution in [1.82, 2.24) is 5.32 Å². The van der Waals surface area contributed by atoms with E-state index < -0.39 is 16.2 Å². The second-order valence-corrected chi connectivity index (χ2v) is 8.39. The number of Topliss-reactive ketones (excluding diaryl/α,β-unsaturated/α-hetero) is 1. The normalized spacial score (nSPS) is 29.2. The van der Waals surface area contributed by atoms with Crippen molar-refractivity contribution in [3.8, 4) is 0 Å². The van der Waals surface area contributed by atoms with Crippen molar-refractivity contribution in [2.24, 2.45) is 21.3 Å². The van der Waals surface area contributed by atoms with E-state index in [4.69, 9.17) is 4.42 Å². The lowest BCUT2D eigenvalue weighted by Gasteiger charge is -2.37. The number of fused-ring (bicyclic) bond motifs is 2. The van der Waals surface area contributed by atoms with E-state index in [1.807, 2.05) is 51.1 Å². The van der Waals surface area contributed by atoms with Gasteiger partial charge in [-0.15, -0.1) is 0 Å². The maximum Gasteiger partial charge on any atom is 0.235 e. The van der Waals surface area contributed by atoms with Gasteiger partial charge < -0.3 is 9.73 Å². The average molecular weight is 379 g/mol. The number of hydrazone groups is 1. The fourth-order valence-electron chi connectivity index (χ4n) is 4.84. The van der Waals surface area contributed by atoms with Gasteiger partial charge in [-0.05, 0) is 42.5 Å². The zero-order valence-corrected chi connectivity index (χ0v) is 16.4. The van der Waals surface area contributed by atoms with Crippen molar-refractivity contribution in [2.45, 2.75) is 40.2 Å². The molecular weight excluding hydrogens is 354 g/mol. The predicted octanol–water partition coefficient (Wildman–Crippen LogP) is 3.76. The number of benzene rings is 1. The van der Waals surface area contributed by atoms with E-state index in [0.29, 0.717) is 17.9 Å². The molecule has 2 saturated carbocycles. The van der Waals surface area contributed by atoms with Crippen LogP contribution < -0.4 is 10.7 Å². The number of rotatable bonds is 5. The number of hydrogen-bond acceptors (Lipinski definition) is 5. The van der Waals surface area contributed by atoms with Crippen LogP contribution in [0.5, 0.6) is 0 Å². The highest BCUT2D eigenvalue weighted by atomic mass is 16.3. The van der Waals surface area contributed by atoms with Crippen LogP contribution in [0.2, 0.25) is 0 Å². The number of para-hydroxylation sites is 1. The maximum atomic E-state index is 13.5. The smallest absolute Gasteiger partial charge is 0.235 e. The molecule has 0 radical (unpaired) electrons. The van der Waals surface area contributed by atoms with E-state index in [-0.39, 0.29) is 18.2 Å². The summed E-state index contributed by atoms with van der Waals surface area (Å²) in [6, 6.07) is 13.1. The standard InChI is InChI=1S/C22H25N3O3/c1-20(2)21(3)11-12-22(20,19(27)23-14-16-10-7-13-28-16)18(26)17(21)25-24-15-8-5-4-6-9-15/h4-10,13,24H,11-12,14H2,1-3H3,(H,23,27). The highest BCUT2D eigenvalue weighted by Crippen LogP contribution is 2.69. The Bertz CT molecular complexity index is 933. The molecule has 28 heavy (non-hydrogen) atoms. The van der Waals surface area contributed by atoms with Crippen LogP contribution in [0.25, 0.3) is 0 Å². The highest BCUT2D eigenvalue weighted by Gasteiger charge is 2.76. The third-order valence-corrected chi connectivity index (χ3v) is 7.03. The number of ketones is 1. The first-order valence-corrected chi connectivity index (χ1v) is 9.58. The molecule has 0 saturated heterocycles. The number of amides is 1. The van der Waals surface area contributed by atoms with E-state index >= 15 is 0 Å². The lowest BCUT2D eigenvalue weighted by atomic mass is 9.64. The fourth-order valence-corrected chi connectivity index (χ4v) is 4.84. The van der Waals surface area contributed by atoms with Crippen LogP contribution in [0.3, 0.4) is 0 Å². The number of nitrogens with zero attached hydrogens (tertiary/aromatic N) is 1. The van der Waals surface area contributed by atoms with Crippen molar-refractivity contribution in [3.05, 3.63) is 54.5 Å². The molecule has 2 N–H and O–H groups in total. The molecule has 2 atom stereocenters. The molecule has 4 rings (SSSR count). The molecule has 6 heteroatoms. The maximum absolute atomic E-state index is 13.5. The first-order valence-electron chi connectivity index (χ1n) is 9.58. The predicted molar refractivity (Wildman–Crippen MR) is 107 cm³/mol. The molecule has 2 aliphatic rings. The van der Waals surface area contributed by atoms with Crippen LogP contribution in [0.15, 0.2) is 58.2 Å². The molecule has 6 nitrogen and oxygen atoms in total. The summed E-state index contributed by atoms with van der Waals surface area (Å²) in [6.07, 6.45) is 2.84. The number of anilines is 1. The van der Waals surface area contributed by atoms with Crippen molar-refractivity contribution in [1.29, 1.82) is 0 Å². The number of hydrogen-bond donors (Lipinski definition) is 2. The van der Waals surface area contributed by atoms with Crippen molar-refractivity contribution in [2.75, 3.05) is 5.43 Å². The molecule has 2 fully saturated rings. The fraction of sp³-hybridized carbons (Fsp3) is 0.409. The first-order chi connectivity index (χ1) is 13.3. The zero-order valence-electron chi connectivity index (χ0n) is 16.4. The van der Waals surface area contributed by atoms with E-state index in [2.05, 4.69) is 15.8 Å². The van der Waals surface area contributed by atoms with Crippen molar-refractivity contribution >= 4 is 23.1 Å². The Balaban J connectivity index is 1.64. The van der Waals surface area contributed by atoms with E-state index in [9.17, 15) is 9.59 Å². The third kappa shape index (κ3) is 2.37. The van der Waals surface area contributed by atoms with Gasteiger partial charge in [0.25, 0.3) is 0 Å². The van der Waals surface area contributed by atoms with Gasteiger partial charge in [0.15, 0.2) is 5.78 Å². The van der Waals surface area contributed by atoms with Crippen molar-refractivity contribution in [3.63, 3.8) is 0 Å². The van der Waals surface area contributed by atoms with Crippen LogP contribution in [0.4, 0.5) is 5.69 Å². The minimum atomic E-state index is -1.11. The monoisotopic (exact) mass is 379 g/mol. The largest absolute Gasteiger partial charge is 0.467 e. The Labute approximate surface area is 164 Å². The zero-order chi connectivity index (χ0) is 20.0. The van der Waals surface area contributed by atoms with Crippen LogP contribution in [0.1, 0.15) is 39.4 Å². The Hall–Kier alpha value is -2.89. The number of nitrogens with one attached hydrogen (secondary N) is 2. The molecule has 1 heterocycles. The molecule has 1 aromatic heterocycles. The second-order valence-electron chi connectivity index (χ2n) is 8.39. The summed E-state index contributed by atoms with van der Waals surface area (Å²) in [4.78, 5) is 26.7. The van der Waals surface area contributed by atoms with E-state index in [1.165, 1.54) is 0 Å². The minimum Gasteiger partial charge on any atom is -0.467 e. The molecule has 1 amide bonds. The average Bonchev–Trinajstić information content (AvgIpc) is 3.30. The Kier molecular flexibility index (Phi) is 4.17. The van der Waals surface area contributed by atoms with E-state index in [0.717, 1.165) is 12.1 Å². The molecule has 146 valence electrons. The second kappa shape index (κ2) is 6.33. The van der Waals surface area contributed by atoms with Crippen LogP contribution >= 0.6 is 0 Å².